The Kier molecular flexibility index (Phi) is 1.85. The van der Waals surface area contributed by atoms with Gasteiger partial charge < -0.3 is 9.47 Å². The molecule has 0 radical (unpaired) electrons. The molecule has 0 spiro atoms. The van der Waals surface area contributed by atoms with E-state index in [2.05, 4.69) is 19.1 Å². The average molecular weight is 228 g/mol. The summed E-state index contributed by atoms with van der Waals surface area (Å²) in [6.07, 6.45) is 5.29. The van der Waals surface area contributed by atoms with Crippen molar-refractivity contribution in [3.05, 3.63) is 28.8 Å². The maximum Gasteiger partial charge on any atom is 0.231 e. The summed E-state index contributed by atoms with van der Waals surface area (Å²) in [5.74, 6) is 2.51. The van der Waals surface area contributed by atoms with Gasteiger partial charge in [-0.15, -0.1) is 0 Å². The molecular weight excluding hydrogens is 212 g/mol. The first kappa shape index (κ1) is 9.58. The molecule has 1 saturated carbocycles. The molecule has 88 valence electrons. The van der Waals surface area contributed by atoms with Gasteiger partial charge in [0.25, 0.3) is 0 Å². The van der Waals surface area contributed by atoms with E-state index >= 15 is 0 Å². The number of benzene rings is 1. The van der Waals surface area contributed by atoms with E-state index in [1.807, 2.05) is 0 Å². The van der Waals surface area contributed by atoms with Gasteiger partial charge in [0.05, 0.1) is 0 Å². The van der Waals surface area contributed by atoms with Crippen molar-refractivity contribution < 1.29 is 9.47 Å². The molecule has 17 heavy (non-hydrogen) atoms. The Labute approximate surface area is 101 Å². The van der Waals surface area contributed by atoms with Gasteiger partial charge in [0, 0.05) is 5.92 Å². The lowest BCUT2D eigenvalue weighted by Crippen LogP contribution is -2.04. The Balaban J connectivity index is 1.90. The second kappa shape index (κ2) is 3.28. The number of ether oxygens (including phenoxy) is 2. The molecule has 2 aliphatic carbocycles. The lowest BCUT2D eigenvalue weighted by molar-refractivity contribution is 0.174. The van der Waals surface area contributed by atoms with E-state index in [1.54, 1.807) is 5.57 Å². The molecule has 1 fully saturated rings. The highest BCUT2D eigenvalue weighted by molar-refractivity contribution is 5.79. The molecule has 0 N–H and O–H groups in total. The van der Waals surface area contributed by atoms with Crippen LogP contribution in [-0.4, -0.2) is 6.79 Å². The fourth-order valence-electron chi connectivity index (χ4n) is 3.55. The topological polar surface area (TPSA) is 18.5 Å². The van der Waals surface area contributed by atoms with Crippen molar-refractivity contribution >= 4 is 5.57 Å². The smallest absolute Gasteiger partial charge is 0.231 e. The first-order valence-electron chi connectivity index (χ1n) is 6.48. The summed E-state index contributed by atoms with van der Waals surface area (Å²) in [6.45, 7) is 2.64. The Bertz CT molecular complexity index is 528. The molecule has 0 bridgehead atoms. The molecule has 1 aromatic rings. The van der Waals surface area contributed by atoms with Crippen LogP contribution in [0.4, 0.5) is 0 Å². The number of fused-ring (bicyclic) bond motifs is 4. The van der Waals surface area contributed by atoms with Crippen LogP contribution in [-0.2, 0) is 0 Å². The quantitative estimate of drug-likeness (QED) is 0.671. The van der Waals surface area contributed by atoms with Gasteiger partial charge in [0.2, 0.25) is 6.79 Å². The molecule has 0 saturated heterocycles. The minimum Gasteiger partial charge on any atom is -0.454 e. The molecule has 1 atom stereocenters. The average Bonchev–Trinajstić information content (AvgIpc) is 2.92. The van der Waals surface area contributed by atoms with Gasteiger partial charge in [-0.2, -0.15) is 0 Å². The van der Waals surface area contributed by atoms with Crippen LogP contribution in [0.25, 0.3) is 5.57 Å². The van der Waals surface area contributed by atoms with Gasteiger partial charge in [-0.25, -0.2) is 0 Å². The summed E-state index contributed by atoms with van der Waals surface area (Å²) in [7, 11) is 0. The minimum atomic E-state index is 0.374. The first-order chi connectivity index (χ1) is 8.34. The molecule has 3 aliphatic rings. The Morgan fingerprint density at radius 2 is 1.94 bits per heavy atom. The molecule has 1 unspecified atom stereocenters. The summed E-state index contributed by atoms with van der Waals surface area (Å²) < 4.78 is 11.0. The van der Waals surface area contributed by atoms with Gasteiger partial charge in [-0.3, -0.25) is 0 Å². The summed E-state index contributed by atoms with van der Waals surface area (Å²) in [4.78, 5) is 0. The molecule has 4 rings (SSSR count). The molecule has 1 aliphatic heterocycles. The highest BCUT2D eigenvalue weighted by atomic mass is 16.7. The van der Waals surface area contributed by atoms with E-state index in [0.717, 1.165) is 11.5 Å². The summed E-state index contributed by atoms with van der Waals surface area (Å²) in [6, 6.07) is 4.39. The number of allylic oxidation sites excluding steroid dienone is 2. The van der Waals surface area contributed by atoms with Gasteiger partial charge >= 0.3 is 0 Å². The van der Waals surface area contributed by atoms with Crippen LogP contribution < -0.4 is 9.47 Å². The highest BCUT2D eigenvalue weighted by Gasteiger charge is 2.33. The third kappa shape index (κ3) is 1.21. The highest BCUT2D eigenvalue weighted by Crippen LogP contribution is 2.52. The lowest BCUT2D eigenvalue weighted by Gasteiger charge is -2.22. The summed E-state index contributed by atoms with van der Waals surface area (Å²) >= 11 is 0. The van der Waals surface area contributed by atoms with Crippen LogP contribution in [0.3, 0.4) is 0 Å². The van der Waals surface area contributed by atoms with Crippen molar-refractivity contribution in [1.29, 1.82) is 0 Å². The lowest BCUT2D eigenvalue weighted by atomic mass is 9.83. The van der Waals surface area contributed by atoms with Crippen molar-refractivity contribution in [1.82, 2.24) is 0 Å². The van der Waals surface area contributed by atoms with Crippen LogP contribution in [0.15, 0.2) is 17.7 Å². The maximum absolute atomic E-state index is 5.50. The molecule has 1 aromatic carbocycles. The van der Waals surface area contributed by atoms with Crippen molar-refractivity contribution in [2.75, 3.05) is 6.79 Å². The predicted molar refractivity (Wildman–Crippen MR) is 66.4 cm³/mol. The van der Waals surface area contributed by atoms with E-state index in [0.29, 0.717) is 12.7 Å². The van der Waals surface area contributed by atoms with Crippen molar-refractivity contribution in [3.63, 3.8) is 0 Å². The molecule has 1 heterocycles. The van der Waals surface area contributed by atoms with E-state index in [9.17, 15) is 0 Å². The third-order valence-electron chi connectivity index (χ3n) is 4.42. The SMILES string of the molecule is CC1=C2CCCCC2c2cc3c(cc21)OCO3. The fourth-order valence-corrected chi connectivity index (χ4v) is 3.55. The molecule has 2 heteroatoms. The minimum absolute atomic E-state index is 0.374. The van der Waals surface area contributed by atoms with Gasteiger partial charge in [0.1, 0.15) is 0 Å². The monoisotopic (exact) mass is 228 g/mol. The predicted octanol–water partition coefficient (Wildman–Crippen LogP) is 3.86. The van der Waals surface area contributed by atoms with Crippen LogP contribution >= 0.6 is 0 Å². The van der Waals surface area contributed by atoms with Crippen molar-refractivity contribution in [2.45, 2.75) is 38.5 Å². The standard InChI is InChI=1S/C15H16O2/c1-9-10-4-2-3-5-11(10)13-7-15-14(6-12(9)13)16-8-17-15/h6-7,11H,2-5,8H2,1H3. The van der Waals surface area contributed by atoms with E-state index in [4.69, 9.17) is 9.47 Å². The third-order valence-corrected chi connectivity index (χ3v) is 4.42. The van der Waals surface area contributed by atoms with Crippen molar-refractivity contribution in [2.24, 2.45) is 0 Å². The van der Waals surface area contributed by atoms with Gasteiger partial charge in [-0.05, 0) is 55.0 Å². The Morgan fingerprint density at radius 1 is 1.12 bits per heavy atom. The zero-order valence-electron chi connectivity index (χ0n) is 10.1. The summed E-state index contributed by atoms with van der Waals surface area (Å²) in [5, 5.41) is 0. The molecule has 0 amide bonds. The van der Waals surface area contributed by atoms with Crippen LogP contribution in [0.5, 0.6) is 11.5 Å². The second-order valence-electron chi connectivity index (χ2n) is 5.24. The molecule has 0 aromatic heterocycles. The van der Waals surface area contributed by atoms with Crippen molar-refractivity contribution in [3.8, 4) is 11.5 Å². The van der Waals surface area contributed by atoms with Gasteiger partial charge in [0.15, 0.2) is 11.5 Å². The fraction of sp³-hybridized carbons (Fsp3) is 0.467. The number of hydrogen-bond donors (Lipinski definition) is 0. The normalized spacial score (nSPS) is 24.9. The van der Waals surface area contributed by atoms with Gasteiger partial charge in [-0.1, -0.05) is 12.0 Å². The van der Waals surface area contributed by atoms with E-state index in [1.165, 1.54) is 42.4 Å². The first-order valence-corrected chi connectivity index (χ1v) is 6.48. The molecular formula is C15H16O2. The molecule has 2 nitrogen and oxygen atoms in total. The zero-order chi connectivity index (χ0) is 11.4. The van der Waals surface area contributed by atoms with Crippen LogP contribution in [0.2, 0.25) is 0 Å². The van der Waals surface area contributed by atoms with E-state index in [-0.39, 0.29) is 0 Å². The largest absolute Gasteiger partial charge is 0.454 e. The van der Waals surface area contributed by atoms with Crippen LogP contribution in [0.1, 0.15) is 49.7 Å². The van der Waals surface area contributed by atoms with Crippen LogP contribution in [0, 0.1) is 0 Å². The Morgan fingerprint density at radius 3 is 2.82 bits per heavy atom. The second-order valence-corrected chi connectivity index (χ2v) is 5.24. The summed E-state index contributed by atoms with van der Waals surface area (Å²) in [5.41, 5.74) is 6.02. The van der Waals surface area contributed by atoms with E-state index < -0.39 is 0 Å². The Hall–Kier alpha value is -1.44. The maximum atomic E-state index is 5.50. The number of hydrogen-bond acceptors (Lipinski definition) is 2. The number of rotatable bonds is 0. The zero-order valence-corrected chi connectivity index (χ0v) is 10.1.